The van der Waals surface area contributed by atoms with Crippen LogP contribution in [-0.2, 0) is 18.9 Å². The number of halogens is 6. The average Bonchev–Trinajstić information content (AvgIpc) is 2.68. The normalized spacial score (nSPS) is 12.4. The van der Waals surface area contributed by atoms with Gasteiger partial charge >= 0.3 is 18.0 Å². The SMILES string of the molecule is Cc1cc(C)cc(Sc2[nH]c(=O)n(Cc3cc(C(F)(F)F)cc(C(F)(F)F)c3)c(=O)c2C(C)C)c1. The number of hydrogen-bond donors (Lipinski definition) is 1. The van der Waals surface area contributed by atoms with Crippen molar-refractivity contribution in [3.8, 4) is 0 Å². The molecule has 188 valence electrons. The van der Waals surface area contributed by atoms with Gasteiger partial charge in [0.05, 0.1) is 28.3 Å². The molecule has 0 amide bonds. The third-order valence-corrected chi connectivity index (χ3v) is 6.16. The van der Waals surface area contributed by atoms with E-state index < -0.39 is 46.8 Å². The lowest BCUT2D eigenvalue weighted by Crippen LogP contribution is -2.38. The summed E-state index contributed by atoms with van der Waals surface area (Å²) in [4.78, 5) is 29.4. The fraction of sp³-hybridized carbons (Fsp3) is 0.333. The highest BCUT2D eigenvalue weighted by Gasteiger charge is 2.37. The number of nitrogens with one attached hydrogen (secondary N) is 1. The summed E-state index contributed by atoms with van der Waals surface area (Å²) in [7, 11) is 0. The molecule has 0 aliphatic heterocycles. The van der Waals surface area contributed by atoms with Gasteiger partial charge in [0, 0.05) is 4.90 Å². The number of benzene rings is 2. The number of H-pyrrole nitrogens is 1. The molecule has 0 aliphatic carbocycles. The van der Waals surface area contributed by atoms with Crippen LogP contribution in [0.25, 0.3) is 0 Å². The molecule has 1 N–H and O–H groups in total. The van der Waals surface area contributed by atoms with Crippen molar-refractivity contribution in [2.75, 3.05) is 0 Å². The number of rotatable bonds is 5. The number of hydrogen-bond acceptors (Lipinski definition) is 3. The van der Waals surface area contributed by atoms with E-state index in [0.29, 0.717) is 16.7 Å². The van der Waals surface area contributed by atoms with Crippen molar-refractivity contribution in [3.63, 3.8) is 0 Å². The smallest absolute Gasteiger partial charge is 0.301 e. The van der Waals surface area contributed by atoms with E-state index in [4.69, 9.17) is 0 Å². The molecule has 0 aliphatic rings. The molecule has 2 aromatic carbocycles. The Balaban J connectivity index is 2.13. The van der Waals surface area contributed by atoms with Crippen LogP contribution in [-0.4, -0.2) is 9.55 Å². The van der Waals surface area contributed by atoms with E-state index in [0.717, 1.165) is 27.8 Å². The van der Waals surface area contributed by atoms with Gasteiger partial charge in [-0.05, 0) is 66.8 Å². The lowest BCUT2D eigenvalue weighted by Gasteiger charge is -2.17. The van der Waals surface area contributed by atoms with Crippen molar-refractivity contribution in [1.82, 2.24) is 9.55 Å². The fourth-order valence-corrected chi connectivity index (χ4v) is 5.00. The molecule has 0 fully saturated rings. The minimum absolute atomic E-state index is 0.000370. The molecule has 3 aromatic rings. The molecule has 0 unspecified atom stereocenters. The van der Waals surface area contributed by atoms with E-state index in [1.807, 2.05) is 32.0 Å². The van der Waals surface area contributed by atoms with Crippen molar-refractivity contribution in [1.29, 1.82) is 0 Å². The van der Waals surface area contributed by atoms with Gasteiger partial charge < -0.3 is 4.98 Å². The van der Waals surface area contributed by atoms with Gasteiger partial charge in [0.1, 0.15) is 0 Å². The van der Waals surface area contributed by atoms with Crippen LogP contribution < -0.4 is 11.2 Å². The highest BCUT2D eigenvalue weighted by atomic mass is 32.2. The molecule has 0 spiro atoms. The van der Waals surface area contributed by atoms with Crippen molar-refractivity contribution in [3.05, 3.63) is 90.6 Å². The Kier molecular flexibility index (Phi) is 7.31. The van der Waals surface area contributed by atoms with Crippen molar-refractivity contribution in [2.45, 2.75) is 62.4 Å². The second kappa shape index (κ2) is 9.60. The zero-order chi connectivity index (χ0) is 26.3. The number of alkyl halides is 6. The highest BCUT2D eigenvalue weighted by molar-refractivity contribution is 7.99. The van der Waals surface area contributed by atoms with Crippen LogP contribution >= 0.6 is 11.8 Å². The Labute approximate surface area is 201 Å². The van der Waals surface area contributed by atoms with E-state index >= 15 is 0 Å². The largest absolute Gasteiger partial charge is 0.416 e. The van der Waals surface area contributed by atoms with Gasteiger partial charge in [-0.2, -0.15) is 26.3 Å². The molecule has 0 bridgehead atoms. The maximum Gasteiger partial charge on any atom is 0.416 e. The van der Waals surface area contributed by atoms with Gasteiger partial charge in [0.15, 0.2) is 0 Å². The lowest BCUT2D eigenvalue weighted by atomic mass is 10.0. The van der Waals surface area contributed by atoms with E-state index in [1.165, 1.54) is 0 Å². The molecule has 0 saturated heterocycles. The first-order valence-corrected chi connectivity index (χ1v) is 11.3. The Morgan fingerprint density at radius 2 is 1.37 bits per heavy atom. The first-order valence-electron chi connectivity index (χ1n) is 10.5. The monoisotopic (exact) mass is 516 g/mol. The maximum atomic E-state index is 13.2. The molecule has 1 heterocycles. The zero-order valence-corrected chi connectivity index (χ0v) is 20.0. The van der Waals surface area contributed by atoms with Crippen molar-refractivity contribution in [2.24, 2.45) is 0 Å². The molecule has 1 aromatic heterocycles. The van der Waals surface area contributed by atoms with Crippen molar-refractivity contribution >= 4 is 11.8 Å². The third kappa shape index (κ3) is 6.19. The fourth-order valence-electron chi connectivity index (χ4n) is 3.70. The van der Waals surface area contributed by atoms with Crippen LogP contribution in [0, 0.1) is 13.8 Å². The number of nitrogens with zero attached hydrogens (tertiary/aromatic N) is 1. The zero-order valence-electron chi connectivity index (χ0n) is 19.2. The molecule has 3 rings (SSSR count). The van der Waals surface area contributed by atoms with Crippen molar-refractivity contribution < 1.29 is 26.3 Å². The molecule has 0 atom stereocenters. The van der Waals surface area contributed by atoms with Gasteiger partial charge in [-0.15, -0.1) is 0 Å². The van der Waals surface area contributed by atoms with Crippen LogP contribution in [0.2, 0.25) is 0 Å². The summed E-state index contributed by atoms with van der Waals surface area (Å²) in [6, 6.07) is 6.71. The van der Waals surface area contributed by atoms with E-state index in [-0.39, 0.29) is 22.6 Å². The van der Waals surface area contributed by atoms with Gasteiger partial charge in [-0.1, -0.05) is 31.7 Å². The lowest BCUT2D eigenvalue weighted by molar-refractivity contribution is -0.143. The third-order valence-electron chi connectivity index (χ3n) is 5.17. The standard InChI is InChI=1S/C24H22F6N2O2S/c1-12(2)19-20(35-18-6-13(3)5-14(4)7-18)31-22(34)32(21(19)33)11-15-8-16(23(25,26)27)10-17(9-15)24(28,29)30/h5-10,12H,11H2,1-4H3,(H,31,34). The predicted molar refractivity (Wildman–Crippen MR) is 121 cm³/mol. The maximum absolute atomic E-state index is 13.2. The second-order valence-electron chi connectivity index (χ2n) is 8.56. The molecule has 0 saturated carbocycles. The summed E-state index contributed by atoms with van der Waals surface area (Å²) in [5.74, 6) is -0.383. The molecule has 35 heavy (non-hydrogen) atoms. The quantitative estimate of drug-likeness (QED) is 0.311. The van der Waals surface area contributed by atoms with E-state index in [9.17, 15) is 35.9 Å². The summed E-state index contributed by atoms with van der Waals surface area (Å²) in [6.45, 7) is 6.44. The minimum Gasteiger partial charge on any atom is -0.301 e. The second-order valence-corrected chi connectivity index (χ2v) is 9.64. The molecular formula is C24H22F6N2O2S. The number of aromatic nitrogens is 2. The van der Waals surface area contributed by atoms with Crippen LogP contribution in [0.15, 0.2) is 55.9 Å². The van der Waals surface area contributed by atoms with Crippen LogP contribution in [0.3, 0.4) is 0 Å². The van der Waals surface area contributed by atoms with Crippen LogP contribution in [0.4, 0.5) is 26.3 Å². The first-order chi connectivity index (χ1) is 16.1. The summed E-state index contributed by atoms with van der Waals surface area (Å²) < 4.78 is 79.9. The van der Waals surface area contributed by atoms with Gasteiger partial charge in [0.25, 0.3) is 5.56 Å². The highest BCUT2D eigenvalue weighted by Crippen LogP contribution is 2.36. The Morgan fingerprint density at radius 1 is 0.857 bits per heavy atom. The van der Waals surface area contributed by atoms with Gasteiger partial charge in [-0.25, -0.2) is 4.79 Å². The average molecular weight is 517 g/mol. The van der Waals surface area contributed by atoms with Gasteiger partial charge in [-0.3, -0.25) is 9.36 Å². The molecule has 0 radical (unpaired) electrons. The topological polar surface area (TPSA) is 54.9 Å². The number of aryl methyl sites for hydroxylation is 2. The molecule has 11 heteroatoms. The summed E-state index contributed by atoms with van der Waals surface area (Å²) in [5, 5.41) is 0.274. The van der Waals surface area contributed by atoms with Gasteiger partial charge in [0.2, 0.25) is 0 Å². The predicted octanol–water partition coefficient (Wildman–Crippen LogP) is 6.51. The van der Waals surface area contributed by atoms with Crippen LogP contribution in [0.1, 0.15) is 53.1 Å². The Hall–Kier alpha value is -2.95. The molecular weight excluding hydrogens is 494 g/mol. The Morgan fingerprint density at radius 3 is 1.83 bits per heavy atom. The van der Waals surface area contributed by atoms with Crippen LogP contribution in [0.5, 0.6) is 0 Å². The van der Waals surface area contributed by atoms with E-state index in [1.54, 1.807) is 13.8 Å². The summed E-state index contributed by atoms with van der Waals surface area (Å²) in [6.07, 6.45) is -10.1. The number of aromatic amines is 1. The first kappa shape index (κ1) is 26.7. The van der Waals surface area contributed by atoms with E-state index in [2.05, 4.69) is 4.98 Å². The molecule has 4 nitrogen and oxygen atoms in total. The summed E-state index contributed by atoms with van der Waals surface area (Å²) in [5.41, 5.74) is -3.06. The summed E-state index contributed by atoms with van der Waals surface area (Å²) >= 11 is 1.16. The minimum atomic E-state index is -5.04. The Bertz CT molecular complexity index is 1320.